The Balaban J connectivity index is 2.99. The van der Waals surface area contributed by atoms with Gasteiger partial charge in [-0.25, -0.2) is 4.79 Å². The van der Waals surface area contributed by atoms with E-state index in [1.807, 2.05) is 0 Å². The van der Waals surface area contributed by atoms with Crippen LogP contribution in [-0.2, 0) is 16.1 Å². The fourth-order valence-electron chi connectivity index (χ4n) is 1.37. The van der Waals surface area contributed by atoms with Crippen LogP contribution in [0, 0.1) is 10.1 Å². The van der Waals surface area contributed by atoms with Crippen molar-refractivity contribution in [3.8, 4) is 0 Å². The summed E-state index contributed by atoms with van der Waals surface area (Å²) in [4.78, 5) is 23.4. The van der Waals surface area contributed by atoms with Crippen LogP contribution in [0.2, 0.25) is 0 Å². The van der Waals surface area contributed by atoms with Crippen LogP contribution in [0.4, 0.5) is 11.4 Å². The maximum absolute atomic E-state index is 11.3. The Labute approximate surface area is 130 Å². The number of alkyl halides is 3. The third-order valence-electron chi connectivity index (χ3n) is 2.37. The lowest BCUT2D eigenvalue weighted by molar-refractivity contribution is -0.385. The predicted molar refractivity (Wildman–Crippen MR) is 77.5 cm³/mol. The van der Waals surface area contributed by atoms with Crippen LogP contribution < -0.4 is 4.90 Å². The van der Waals surface area contributed by atoms with Gasteiger partial charge in [-0.3, -0.25) is 10.1 Å². The molecule has 0 saturated heterocycles. The van der Waals surface area contributed by atoms with Crippen molar-refractivity contribution in [1.82, 2.24) is 0 Å². The summed E-state index contributed by atoms with van der Waals surface area (Å²) in [6.07, 6.45) is 0. The fourth-order valence-corrected chi connectivity index (χ4v) is 1.53. The van der Waals surface area contributed by atoms with E-state index in [2.05, 4.69) is 0 Å². The van der Waals surface area contributed by atoms with Gasteiger partial charge in [0.25, 0.3) is 9.48 Å². The maximum Gasteiger partial charge on any atom is 0.358 e. The molecule has 0 saturated carbocycles. The average Bonchev–Trinajstić information content (AvgIpc) is 2.33. The first-order valence-corrected chi connectivity index (χ1v) is 6.45. The van der Waals surface area contributed by atoms with E-state index in [4.69, 9.17) is 39.5 Å². The first-order valence-electron chi connectivity index (χ1n) is 5.31. The molecule has 0 amide bonds. The molecule has 0 aliphatic heterocycles. The van der Waals surface area contributed by atoms with Crippen molar-refractivity contribution in [2.24, 2.45) is 0 Å². The van der Waals surface area contributed by atoms with Crippen LogP contribution >= 0.6 is 34.8 Å². The topological polar surface area (TPSA) is 72.7 Å². The number of carbonyl (C=O) groups is 1. The summed E-state index contributed by atoms with van der Waals surface area (Å²) in [5.74, 6) is -1.09. The Kier molecular flexibility index (Phi) is 5.44. The standard InChI is InChI=1S/C11H11Cl3N2O4/c1-15(2)8-3-4-9(16(18)19)7(5-8)6-20-10(17)11(12,13)14/h3-5H,6H2,1-2H3. The molecule has 0 atom stereocenters. The van der Waals surface area contributed by atoms with E-state index in [-0.39, 0.29) is 17.9 Å². The minimum absolute atomic E-state index is 0.173. The number of hydrogen-bond donors (Lipinski definition) is 0. The molecule has 0 fully saturated rings. The lowest BCUT2D eigenvalue weighted by atomic mass is 10.1. The molecule has 0 aromatic heterocycles. The van der Waals surface area contributed by atoms with Crippen LogP contribution in [0.1, 0.15) is 5.56 Å². The average molecular weight is 342 g/mol. The Morgan fingerprint density at radius 3 is 2.45 bits per heavy atom. The predicted octanol–water partition coefficient (Wildman–Crippen LogP) is 3.07. The van der Waals surface area contributed by atoms with Gasteiger partial charge in [-0.1, -0.05) is 34.8 Å². The van der Waals surface area contributed by atoms with Crippen molar-refractivity contribution in [2.75, 3.05) is 19.0 Å². The Morgan fingerprint density at radius 1 is 1.40 bits per heavy atom. The summed E-state index contributed by atoms with van der Waals surface area (Å²) in [5, 5.41) is 10.9. The number of esters is 1. The number of carbonyl (C=O) groups excluding carboxylic acids is 1. The number of halogens is 3. The number of anilines is 1. The zero-order chi connectivity index (χ0) is 15.5. The second-order valence-corrected chi connectivity index (χ2v) is 6.32. The zero-order valence-electron chi connectivity index (χ0n) is 10.6. The molecule has 9 heteroatoms. The number of ether oxygens (including phenoxy) is 1. The van der Waals surface area contributed by atoms with Gasteiger partial charge in [0.1, 0.15) is 6.61 Å². The molecule has 0 unspecified atom stereocenters. The molecule has 0 aliphatic carbocycles. The smallest absolute Gasteiger partial charge is 0.358 e. The van der Waals surface area contributed by atoms with E-state index in [0.717, 1.165) is 5.69 Å². The summed E-state index contributed by atoms with van der Waals surface area (Å²) in [6.45, 7) is -0.356. The zero-order valence-corrected chi connectivity index (χ0v) is 12.9. The molecule has 20 heavy (non-hydrogen) atoms. The molecule has 6 nitrogen and oxygen atoms in total. The second-order valence-electron chi connectivity index (χ2n) is 4.04. The molecule has 0 radical (unpaired) electrons. The van der Waals surface area contributed by atoms with Crippen LogP contribution in [0.5, 0.6) is 0 Å². The summed E-state index contributed by atoms with van der Waals surface area (Å²) in [5.41, 5.74) is 0.757. The minimum Gasteiger partial charge on any atom is -0.457 e. The normalized spacial score (nSPS) is 11.1. The number of hydrogen-bond acceptors (Lipinski definition) is 5. The second kappa shape index (κ2) is 6.47. The van der Waals surface area contributed by atoms with E-state index in [0.29, 0.717) is 0 Å². The van der Waals surface area contributed by atoms with Gasteiger partial charge >= 0.3 is 5.97 Å². The first kappa shape index (κ1) is 16.8. The van der Waals surface area contributed by atoms with Crippen molar-refractivity contribution in [2.45, 2.75) is 10.4 Å². The number of nitro benzene ring substituents is 1. The summed E-state index contributed by atoms with van der Waals surface area (Å²) < 4.78 is 2.55. The van der Waals surface area contributed by atoms with Gasteiger partial charge in [-0.15, -0.1) is 0 Å². The van der Waals surface area contributed by atoms with Crippen LogP contribution in [-0.4, -0.2) is 28.8 Å². The van der Waals surface area contributed by atoms with Gasteiger partial charge in [-0.2, -0.15) is 0 Å². The summed E-state index contributed by atoms with van der Waals surface area (Å²) in [7, 11) is 3.55. The number of nitro groups is 1. The monoisotopic (exact) mass is 340 g/mol. The van der Waals surface area contributed by atoms with Gasteiger partial charge in [0.2, 0.25) is 0 Å². The van der Waals surface area contributed by atoms with E-state index < -0.39 is 14.7 Å². The van der Waals surface area contributed by atoms with Gasteiger partial charge in [0.15, 0.2) is 0 Å². The van der Waals surface area contributed by atoms with E-state index in [1.54, 1.807) is 25.1 Å². The van der Waals surface area contributed by atoms with Crippen molar-refractivity contribution in [3.05, 3.63) is 33.9 Å². The SMILES string of the molecule is CN(C)c1ccc([N+](=O)[O-])c(COC(=O)C(Cl)(Cl)Cl)c1. The van der Waals surface area contributed by atoms with Crippen molar-refractivity contribution in [3.63, 3.8) is 0 Å². The van der Waals surface area contributed by atoms with Crippen LogP contribution in [0.15, 0.2) is 18.2 Å². The number of benzene rings is 1. The van der Waals surface area contributed by atoms with E-state index in [1.165, 1.54) is 12.1 Å². The molecule has 0 N–H and O–H groups in total. The highest BCUT2D eigenvalue weighted by molar-refractivity contribution is 6.75. The molecule has 1 aromatic rings. The van der Waals surface area contributed by atoms with Gasteiger partial charge in [-0.05, 0) is 12.1 Å². The third-order valence-corrected chi connectivity index (χ3v) is 2.83. The molecule has 110 valence electrons. The first-order chi connectivity index (χ1) is 9.12. The fraction of sp³-hybridized carbons (Fsp3) is 0.364. The molecule has 0 heterocycles. The van der Waals surface area contributed by atoms with Crippen LogP contribution in [0.25, 0.3) is 0 Å². The largest absolute Gasteiger partial charge is 0.457 e. The molecule has 0 bridgehead atoms. The molecule has 0 spiro atoms. The lowest BCUT2D eigenvalue weighted by Gasteiger charge is -2.15. The number of nitrogens with zero attached hydrogens (tertiary/aromatic N) is 2. The van der Waals surface area contributed by atoms with Crippen molar-refractivity contribution in [1.29, 1.82) is 0 Å². The minimum atomic E-state index is -2.21. The van der Waals surface area contributed by atoms with Gasteiger partial charge < -0.3 is 9.64 Å². The molecule has 0 aliphatic rings. The molecular formula is C11H11Cl3N2O4. The quantitative estimate of drug-likeness (QED) is 0.364. The third kappa shape index (κ3) is 4.40. The van der Waals surface area contributed by atoms with Gasteiger partial charge in [0, 0.05) is 25.8 Å². The molecular weight excluding hydrogens is 330 g/mol. The Bertz CT molecular complexity index is 529. The summed E-state index contributed by atoms with van der Waals surface area (Å²) in [6, 6.07) is 4.44. The highest BCUT2D eigenvalue weighted by atomic mass is 35.6. The molecule has 1 rings (SSSR count). The lowest BCUT2D eigenvalue weighted by Crippen LogP contribution is -2.22. The number of rotatable bonds is 4. The van der Waals surface area contributed by atoms with Crippen molar-refractivity contribution < 1.29 is 14.5 Å². The highest BCUT2D eigenvalue weighted by Gasteiger charge is 2.33. The van der Waals surface area contributed by atoms with E-state index in [9.17, 15) is 14.9 Å². The Hall–Kier alpha value is -1.24. The van der Waals surface area contributed by atoms with Crippen molar-refractivity contribution >= 4 is 52.1 Å². The maximum atomic E-state index is 11.3. The van der Waals surface area contributed by atoms with E-state index >= 15 is 0 Å². The summed E-state index contributed by atoms with van der Waals surface area (Å²) >= 11 is 16.0. The van der Waals surface area contributed by atoms with Gasteiger partial charge in [0.05, 0.1) is 10.5 Å². The highest BCUT2D eigenvalue weighted by Crippen LogP contribution is 2.29. The Morgan fingerprint density at radius 2 is 2.00 bits per heavy atom. The van der Waals surface area contributed by atoms with Crippen LogP contribution in [0.3, 0.4) is 0 Å². The molecule has 1 aromatic carbocycles.